The first kappa shape index (κ1) is 22.0. The van der Waals surface area contributed by atoms with E-state index in [1.165, 1.54) is 24.3 Å². The largest absolute Gasteiger partial charge is 0.366 e. The van der Waals surface area contributed by atoms with E-state index in [-0.39, 0.29) is 23.8 Å². The Kier molecular flexibility index (Phi) is 6.60. The number of piperazine rings is 1. The second-order valence-electron chi connectivity index (χ2n) is 7.20. The lowest BCUT2D eigenvalue weighted by atomic mass is 10.1. The molecule has 1 saturated heterocycles. The van der Waals surface area contributed by atoms with E-state index in [1.54, 1.807) is 30.0 Å². The zero-order valence-electron chi connectivity index (χ0n) is 17.0. The Morgan fingerprint density at radius 2 is 1.57 bits per heavy atom. The number of para-hydroxylation sites is 2. The van der Waals surface area contributed by atoms with Crippen LogP contribution in [0.4, 0.5) is 20.2 Å². The van der Waals surface area contributed by atoms with Crippen molar-refractivity contribution < 1.29 is 22.0 Å². The maximum Gasteiger partial charge on any atom is 0.246 e. The highest BCUT2D eigenvalue weighted by Crippen LogP contribution is 2.27. The van der Waals surface area contributed by atoms with E-state index < -0.39 is 21.9 Å². The van der Waals surface area contributed by atoms with Crippen LogP contribution in [0.2, 0.25) is 0 Å². The third-order valence-corrected chi connectivity index (χ3v) is 6.35. The van der Waals surface area contributed by atoms with Gasteiger partial charge in [-0.3, -0.25) is 9.10 Å². The number of hydrogen-bond donors (Lipinski definition) is 0. The summed E-state index contributed by atoms with van der Waals surface area (Å²) in [6, 6.07) is 10.9. The highest BCUT2D eigenvalue weighted by atomic mass is 32.2. The lowest BCUT2D eigenvalue weighted by Crippen LogP contribution is -2.56. The Balaban J connectivity index is 1.80. The molecule has 9 heteroatoms. The molecule has 1 aliphatic heterocycles. The fourth-order valence-corrected chi connectivity index (χ4v) is 4.94. The van der Waals surface area contributed by atoms with Gasteiger partial charge >= 0.3 is 0 Å². The standard InChI is InChI=1S/C21H25F2N3O3S/c1-3-18(26(30(2,28)29)20-11-7-5-9-17(20)23)21(27)25-14-12-24(13-15-25)19-10-6-4-8-16(19)22/h4-11,18H,3,12-15H2,1-2H3/t18-/m1/s1. The summed E-state index contributed by atoms with van der Waals surface area (Å²) in [6.07, 6.45) is 1.15. The zero-order chi connectivity index (χ0) is 21.9. The fourth-order valence-electron chi connectivity index (χ4n) is 3.74. The first-order valence-corrected chi connectivity index (χ1v) is 11.6. The molecule has 30 heavy (non-hydrogen) atoms. The number of rotatable bonds is 6. The molecule has 0 saturated carbocycles. The summed E-state index contributed by atoms with van der Waals surface area (Å²) in [6.45, 7) is 3.16. The molecule has 0 spiro atoms. The van der Waals surface area contributed by atoms with E-state index in [4.69, 9.17) is 0 Å². The van der Waals surface area contributed by atoms with Gasteiger partial charge in [-0.2, -0.15) is 0 Å². The number of nitrogens with zero attached hydrogens (tertiary/aromatic N) is 3. The number of carbonyl (C=O) groups excluding carboxylic acids is 1. The first-order valence-electron chi connectivity index (χ1n) is 9.76. The molecule has 1 aliphatic rings. The van der Waals surface area contributed by atoms with Crippen LogP contribution in [-0.4, -0.2) is 57.7 Å². The predicted octanol–water partition coefficient (Wildman–Crippen LogP) is 2.86. The van der Waals surface area contributed by atoms with Crippen LogP contribution < -0.4 is 9.21 Å². The third-order valence-electron chi connectivity index (χ3n) is 5.19. The van der Waals surface area contributed by atoms with Crippen LogP contribution in [0, 0.1) is 11.6 Å². The number of benzene rings is 2. The van der Waals surface area contributed by atoms with Crippen molar-refractivity contribution in [1.82, 2.24) is 4.90 Å². The van der Waals surface area contributed by atoms with Crippen molar-refractivity contribution in [2.75, 3.05) is 41.6 Å². The molecular formula is C21H25F2N3O3S. The minimum atomic E-state index is -3.91. The van der Waals surface area contributed by atoms with Crippen LogP contribution in [0.5, 0.6) is 0 Å². The van der Waals surface area contributed by atoms with Gasteiger partial charge in [-0.15, -0.1) is 0 Å². The molecule has 1 atom stereocenters. The Hall–Kier alpha value is -2.68. The molecule has 0 radical (unpaired) electrons. The molecular weight excluding hydrogens is 412 g/mol. The zero-order valence-corrected chi connectivity index (χ0v) is 17.8. The average Bonchev–Trinajstić information content (AvgIpc) is 2.72. The van der Waals surface area contributed by atoms with Gasteiger partial charge in [0.2, 0.25) is 15.9 Å². The summed E-state index contributed by atoms with van der Waals surface area (Å²) in [5, 5.41) is 0. The number of carbonyl (C=O) groups is 1. The van der Waals surface area contributed by atoms with Crippen molar-refractivity contribution in [3.05, 3.63) is 60.2 Å². The van der Waals surface area contributed by atoms with E-state index in [2.05, 4.69) is 0 Å². The molecule has 1 heterocycles. The number of sulfonamides is 1. The molecule has 3 rings (SSSR count). The minimum absolute atomic E-state index is 0.148. The third kappa shape index (κ3) is 4.56. The van der Waals surface area contributed by atoms with Crippen LogP contribution in [0.15, 0.2) is 48.5 Å². The average molecular weight is 438 g/mol. The summed E-state index contributed by atoms with van der Waals surface area (Å²) < 4.78 is 54.3. The fraction of sp³-hybridized carbons (Fsp3) is 0.381. The molecule has 1 fully saturated rings. The molecule has 0 unspecified atom stereocenters. The van der Waals surface area contributed by atoms with Crippen molar-refractivity contribution in [3.8, 4) is 0 Å². The molecule has 2 aromatic rings. The Morgan fingerprint density at radius 1 is 1.00 bits per heavy atom. The van der Waals surface area contributed by atoms with Crippen molar-refractivity contribution in [1.29, 1.82) is 0 Å². The molecule has 1 amide bonds. The lowest BCUT2D eigenvalue weighted by molar-refractivity contribution is -0.132. The quantitative estimate of drug-likeness (QED) is 0.697. The smallest absolute Gasteiger partial charge is 0.246 e. The number of hydrogen-bond acceptors (Lipinski definition) is 4. The summed E-state index contributed by atoms with van der Waals surface area (Å²) in [4.78, 5) is 16.6. The van der Waals surface area contributed by atoms with Crippen LogP contribution in [0.3, 0.4) is 0 Å². The minimum Gasteiger partial charge on any atom is -0.366 e. The summed E-state index contributed by atoms with van der Waals surface area (Å²) in [5.41, 5.74) is 0.325. The number of anilines is 2. The molecule has 2 aromatic carbocycles. The predicted molar refractivity (Wildman–Crippen MR) is 113 cm³/mol. The topological polar surface area (TPSA) is 60.9 Å². The number of amides is 1. The van der Waals surface area contributed by atoms with Gasteiger partial charge in [0, 0.05) is 26.2 Å². The summed E-state index contributed by atoms with van der Waals surface area (Å²) in [7, 11) is -3.91. The normalized spacial score (nSPS) is 15.7. The summed E-state index contributed by atoms with van der Waals surface area (Å²) >= 11 is 0. The van der Waals surface area contributed by atoms with Crippen LogP contribution in [0.1, 0.15) is 13.3 Å². The van der Waals surface area contributed by atoms with Gasteiger partial charge in [0.1, 0.15) is 17.7 Å². The maximum absolute atomic E-state index is 14.4. The van der Waals surface area contributed by atoms with E-state index in [0.717, 1.165) is 16.6 Å². The van der Waals surface area contributed by atoms with Gasteiger partial charge in [0.05, 0.1) is 17.6 Å². The molecule has 162 valence electrons. The van der Waals surface area contributed by atoms with Gasteiger partial charge in [-0.1, -0.05) is 31.2 Å². The highest BCUT2D eigenvalue weighted by molar-refractivity contribution is 7.92. The number of halogens is 2. The van der Waals surface area contributed by atoms with Crippen molar-refractivity contribution in [2.45, 2.75) is 19.4 Å². The van der Waals surface area contributed by atoms with Crippen molar-refractivity contribution >= 4 is 27.3 Å². The Morgan fingerprint density at radius 3 is 2.10 bits per heavy atom. The van der Waals surface area contributed by atoms with Gasteiger partial charge in [-0.25, -0.2) is 17.2 Å². The molecule has 0 aromatic heterocycles. The molecule has 6 nitrogen and oxygen atoms in total. The van der Waals surface area contributed by atoms with Crippen LogP contribution in [-0.2, 0) is 14.8 Å². The van der Waals surface area contributed by atoms with Crippen LogP contribution >= 0.6 is 0 Å². The van der Waals surface area contributed by atoms with Gasteiger partial charge in [0.15, 0.2) is 0 Å². The summed E-state index contributed by atoms with van der Waals surface area (Å²) in [5.74, 6) is -1.43. The second-order valence-corrected chi connectivity index (χ2v) is 9.06. The maximum atomic E-state index is 14.4. The second kappa shape index (κ2) is 8.99. The SMILES string of the molecule is CC[C@H](C(=O)N1CCN(c2ccccc2F)CC1)N(c1ccccc1F)S(C)(=O)=O. The van der Waals surface area contributed by atoms with Gasteiger partial charge in [0.25, 0.3) is 0 Å². The molecule has 0 N–H and O–H groups in total. The van der Waals surface area contributed by atoms with E-state index >= 15 is 0 Å². The van der Waals surface area contributed by atoms with Crippen molar-refractivity contribution in [3.63, 3.8) is 0 Å². The Bertz CT molecular complexity index is 1010. The highest BCUT2D eigenvalue weighted by Gasteiger charge is 2.36. The lowest BCUT2D eigenvalue weighted by Gasteiger charge is -2.39. The van der Waals surface area contributed by atoms with E-state index in [1.807, 2.05) is 4.90 Å². The first-order chi connectivity index (χ1) is 14.2. The van der Waals surface area contributed by atoms with Gasteiger partial charge < -0.3 is 9.80 Å². The Labute approximate surface area is 175 Å². The molecule has 0 bridgehead atoms. The van der Waals surface area contributed by atoms with Gasteiger partial charge in [-0.05, 0) is 30.7 Å². The monoisotopic (exact) mass is 437 g/mol. The van der Waals surface area contributed by atoms with E-state index in [9.17, 15) is 22.0 Å². The van der Waals surface area contributed by atoms with Crippen molar-refractivity contribution in [2.24, 2.45) is 0 Å². The van der Waals surface area contributed by atoms with Crippen LogP contribution in [0.25, 0.3) is 0 Å². The molecule has 0 aliphatic carbocycles. The van der Waals surface area contributed by atoms with E-state index in [0.29, 0.717) is 31.9 Å².